The third-order valence-electron chi connectivity index (χ3n) is 4.20. The van der Waals surface area contributed by atoms with Crippen LogP contribution in [0.5, 0.6) is 0 Å². The lowest BCUT2D eigenvalue weighted by Gasteiger charge is -2.13. The number of nitrogens with two attached hydrogens (primary N) is 2. The molecule has 5 N–H and O–H groups in total. The Hall–Kier alpha value is -2.73. The van der Waals surface area contributed by atoms with Gasteiger partial charge in [-0.2, -0.15) is 0 Å². The van der Waals surface area contributed by atoms with Gasteiger partial charge in [0.15, 0.2) is 0 Å². The Labute approximate surface area is 212 Å². The number of anilines is 2. The number of aliphatic hydroxyl groups excluding tert-OH is 1. The predicted octanol–water partition coefficient (Wildman–Crippen LogP) is 3.26. The highest BCUT2D eigenvalue weighted by atomic mass is 35.5. The fraction of sp³-hybridized carbons (Fsp3) is 0.400. The zero-order chi connectivity index (χ0) is 26.0. The van der Waals surface area contributed by atoms with Crippen LogP contribution < -0.4 is 11.5 Å². The summed E-state index contributed by atoms with van der Waals surface area (Å²) in [5.41, 5.74) is 13.3. The number of nitrogens with zero attached hydrogens (tertiary/aromatic N) is 4. The Balaban J connectivity index is 0.000000340. The van der Waals surface area contributed by atoms with Gasteiger partial charge in [-0.3, -0.25) is 0 Å². The second-order valence-corrected chi connectivity index (χ2v) is 8.14. The van der Waals surface area contributed by atoms with Gasteiger partial charge in [0.2, 0.25) is 0 Å². The molecule has 188 valence electrons. The van der Waals surface area contributed by atoms with E-state index in [0.29, 0.717) is 27.3 Å². The molecule has 0 aromatic carbocycles. The van der Waals surface area contributed by atoms with Crippen molar-refractivity contribution in [3.63, 3.8) is 0 Å². The SMILES string of the molecule is CN(C)C(=O)OCc1cnc(N)c(Cl)c1CCl.CN(C)C(=O)OCc1cnc(N)c(Cl)c1CO. The summed E-state index contributed by atoms with van der Waals surface area (Å²) in [6.45, 7) is -0.244. The van der Waals surface area contributed by atoms with E-state index in [1.54, 1.807) is 28.2 Å². The summed E-state index contributed by atoms with van der Waals surface area (Å²) in [6, 6.07) is 0. The second-order valence-electron chi connectivity index (χ2n) is 7.11. The third kappa shape index (κ3) is 8.24. The van der Waals surface area contributed by atoms with Gasteiger partial charge in [0.1, 0.15) is 24.8 Å². The molecule has 2 rings (SSSR count). The van der Waals surface area contributed by atoms with Gasteiger partial charge in [-0.1, -0.05) is 23.2 Å². The topological polar surface area (TPSA) is 157 Å². The molecule has 0 saturated carbocycles. The maximum Gasteiger partial charge on any atom is 0.409 e. The molecule has 14 heteroatoms. The summed E-state index contributed by atoms with van der Waals surface area (Å²) in [4.78, 5) is 32.8. The first-order chi connectivity index (χ1) is 15.9. The van der Waals surface area contributed by atoms with Crippen LogP contribution in [-0.2, 0) is 35.2 Å². The molecule has 0 radical (unpaired) electrons. The number of halogens is 3. The standard InChI is InChI=1S/C10H13Cl2N3O2.C10H14ClN3O3/c1-15(2)10(16)17-5-6-4-14-9(13)8(12)7(6)3-11;1-14(2)10(16)17-5-6-3-13-9(12)8(11)7(6)4-15/h4H,3,5H2,1-2H3,(H2,13,14);3,15H,4-5H2,1-2H3,(H2,12,13). The number of ether oxygens (including phenoxy) is 2. The normalized spacial score (nSPS) is 10.1. The monoisotopic (exact) mass is 536 g/mol. The van der Waals surface area contributed by atoms with Crippen LogP contribution in [0.3, 0.4) is 0 Å². The van der Waals surface area contributed by atoms with E-state index in [1.807, 2.05) is 0 Å². The Bertz CT molecular complexity index is 928. The summed E-state index contributed by atoms with van der Waals surface area (Å²) >= 11 is 17.6. The van der Waals surface area contributed by atoms with Crippen LogP contribution >= 0.6 is 34.8 Å². The molecule has 0 bridgehead atoms. The van der Waals surface area contributed by atoms with Crippen LogP contribution in [0.1, 0.15) is 22.3 Å². The molecule has 0 fully saturated rings. The van der Waals surface area contributed by atoms with Crippen LogP contribution in [0, 0.1) is 0 Å². The summed E-state index contributed by atoms with van der Waals surface area (Å²) in [7, 11) is 6.34. The minimum absolute atomic E-state index is 0.0140. The molecular formula is C20H27Cl3N6O5. The van der Waals surface area contributed by atoms with Crippen molar-refractivity contribution in [1.82, 2.24) is 19.8 Å². The van der Waals surface area contributed by atoms with Crippen LogP contribution in [-0.4, -0.2) is 65.3 Å². The molecule has 2 aromatic rings. The zero-order valence-electron chi connectivity index (χ0n) is 19.1. The van der Waals surface area contributed by atoms with E-state index in [4.69, 9.17) is 55.7 Å². The van der Waals surface area contributed by atoms with Crippen molar-refractivity contribution >= 4 is 58.6 Å². The molecule has 11 nitrogen and oxygen atoms in total. The Morgan fingerprint density at radius 1 is 0.882 bits per heavy atom. The third-order valence-corrected chi connectivity index (χ3v) is 5.31. The summed E-state index contributed by atoms with van der Waals surface area (Å²) < 4.78 is 9.98. The van der Waals surface area contributed by atoms with Gasteiger partial charge in [-0.15, -0.1) is 11.6 Å². The lowest BCUT2D eigenvalue weighted by Crippen LogP contribution is -2.22. The van der Waals surface area contributed by atoms with Crippen LogP contribution in [0.25, 0.3) is 0 Å². The van der Waals surface area contributed by atoms with Gasteiger partial charge >= 0.3 is 12.2 Å². The number of carbonyl (C=O) groups is 2. The van der Waals surface area contributed by atoms with Crippen LogP contribution in [0.4, 0.5) is 21.2 Å². The largest absolute Gasteiger partial charge is 0.444 e. The highest BCUT2D eigenvalue weighted by molar-refractivity contribution is 6.34. The molecule has 2 amide bonds. The fourth-order valence-corrected chi connectivity index (χ4v) is 3.10. The fourth-order valence-electron chi connectivity index (χ4n) is 2.26. The maximum absolute atomic E-state index is 11.3. The van der Waals surface area contributed by atoms with E-state index in [-0.39, 0.29) is 42.4 Å². The summed E-state index contributed by atoms with van der Waals surface area (Å²) in [5, 5.41) is 9.67. The minimum Gasteiger partial charge on any atom is -0.444 e. The van der Waals surface area contributed by atoms with E-state index >= 15 is 0 Å². The quantitative estimate of drug-likeness (QED) is 0.470. The smallest absolute Gasteiger partial charge is 0.409 e. The number of carbonyl (C=O) groups excluding carboxylic acids is 2. The molecule has 34 heavy (non-hydrogen) atoms. The van der Waals surface area contributed by atoms with E-state index < -0.39 is 12.2 Å². The first-order valence-corrected chi connectivity index (χ1v) is 10.9. The van der Waals surface area contributed by atoms with Crippen molar-refractivity contribution in [2.24, 2.45) is 0 Å². The first kappa shape index (κ1) is 29.3. The molecule has 0 spiro atoms. The number of pyridine rings is 2. The van der Waals surface area contributed by atoms with Crippen LogP contribution in [0.2, 0.25) is 10.0 Å². The Kier molecular flexibility index (Phi) is 11.9. The van der Waals surface area contributed by atoms with Gasteiger partial charge in [0.05, 0.1) is 16.7 Å². The molecule has 0 atom stereocenters. The Morgan fingerprint density at radius 2 is 1.26 bits per heavy atom. The molecule has 0 saturated heterocycles. The maximum atomic E-state index is 11.3. The average Bonchev–Trinajstić information content (AvgIpc) is 2.80. The van der Waals surface area contributed by atoms with E-state index in [2.05, 4.69) is 9.97 Å². The van der Waals surface area contributed by atoms with E-state index in [9.17, 15) is 14.7 Å². The van der Waals surface area contributed by atoms with Crippen molar-refractivity contribution in [3.05, 3.63) is 44.7 Å². The van der Waals surface area contributed by atoms with Crippen molar-refractivity contribution in [2.45, 2.75) is 25.7 Å². The lowest BCUT2D eigenvalue weighted by molar-refractivity contribution is 0.111. The molecule has 0 unspecified atom stereocenters. The number of aromatic nitrogens is 2. The number of aliphatic hydroxyl groups is 1. The number of alkyl halides is 1. The number of hydrogen-bond acceptors (Lipinski definition) is 9. The van der Waals surface area contributed by atoms with Crippen molar-refractivity contribution < 1.29 is 24.2 Å². The van der Waals surface area contributed by atoms with Crippen molar-refractivity contribution in [3.8, 4) is 0 Å². The Morgan fingerprint density at radius 3 is 1.62 bits per heavy atom. The number of rotatable bonds is 6. The second kappa shape index (κ2) is 13.9. The average molecular weight is 538 g/mol. The van der Waals surface area contributed by atoms with Crippen molar-refractivity contribution in [2.75, 3.05) is 39.7 Å². The summed E-state index contributed by atoms with van der Waals surface area (Å²) in [5.74, 6) is 0.531. The molecule has 2 heterocycles. The number of hydrogen-bond donors (Lipinski definition) is 3. The molecule has 0 aliphatic carbocycles. The predicted molar refractivity (Wildman–Crippen MR) is 131 cm³/mol. The first-order valence-electron chi connectivity index (χ1n) is 9.62. The van der Waals surface area contributed by atoms with Gasteiger partial charge < -0.3 is 35.8 Å². The van der Waals surface area contributed by atoms with E-state index in [1.165, 1.54) is 22.2 Å². The molecule has 2 aromatic heterocycles. The molecule has 0 aliphatic heterocycles. The summed E-state index contributed by atoms with van der Waals surface area (Å²) in [6.07, 6.45) is 2.00. The number of amides is 2. The van der Waals surface area contributed by atoms with Crippen LogP contribution in [0.15, 0.2) is 12.4 Å². The molecular weight excluding hydrogens is 511 g/mol. The van der Waals surface area contributed by atoms with Crippen molar-refractivity contribution in [1.29, 1.82) is 0 Å². The number of nitrogen functional groups attached to an aromatic ring is 2. The zero-order valence-corrected chi connectivity index (χ0v) is 21.4. The van der Waals surface area contributed by atoms with Gasteiger partial charge in [-0.25, -0.2) is 19.6 Å². The van der Waals surface area contributed by atoms with E-state index in [0.717, 1.165) is 0 Å². The van der Waals surface area contributed by atoms with Gasteiger partial charge in [0.25, 0.3) is 0 Å². The van der Waals surface area contributed by atoms with Gasteiger partial charge in [-0.05, 0) is 5.56 Å². The highest BCUT2D eigenvalue weighted by Gasteiger charge is 2.14. The highest BCUT2D eigenvalue weighted by Crippen LogP contribution is 2.27. The molecule has 0 aliphatic rings. The minimum atomic E-state index is -0.484. The lowest BCUT2D eigenvalue weighted by atomic mass is 10.1. The van der Waals surface area contributed by atoms with Gasteiger partial charge in [0, 0.05) is 63.2 Å².